The van der Waals surface area contributed by atoms with Gasteiger partial charge in [0.05, 0.1) is 0 Å². The minimum atomic E-state index is -0.301. The predicted molar refractivity (Wildman–Crippen MR) is 99.0 cm³/mol. The second-order valence-electron chi connectivity index (χ2n) is 5.74. The molecule has 3 aromatic carbocycles. The molecule has 0 atom stereocenters. The number of fused-ring (bicyclic) bond motifs is 1. The van der Waals surface area contributed by atoms with Crippen LogP contribution in [0.25, 0.3) is 21.9 Å². The molecule has 2 heteroatoms. The van der Waals surface area contributed by atoms with Crippen molar-refractivity contribution in [3.8, 4) is 16.9 Å². The third-order valence-electron chi connectivity index (χ3n) is 4.18. The molecule has 3 aromatic rings. The highest BCUT2D eigenvalue weighted by Gasteiger charge is 2.09. The minimum absolute atomic E-state index is 0.292. The molecule has 0 radical (unpaired) electrons. The predicted octanol–water partition coefficient (Wildman–Crippen LogP) is 6.16. The van der Waals surface area contributed by atoms with Crippen molar-refractivity contribution < 1.29 is 9.13 Å². The van der Waals surface area contributed by atoms with Gasteiger partial charge in [-0.05, 0) is 47.6 Å². The molecule has 0 aliphatic heterocycles. The fraction of sp³-hybridized carbons (Fsp3) is 0.182. The molecule has 0 aliphatic rings. The average Bonchev–Trinajstić information content (AvgIpc) is 2.63. The lowest BCUT2D eigenvalue weighted by Gasteiger charge is -2.09. The Morgan fingerprint density at radius 2 is 1.71 bits per heavy atom. The maximum atomic E-state index is 14.6. The van der Waals surface area contributed by atoms with Crippen molar-refractivity contribution in [2.75, 3.05) is 6.61 Å². The number of ether oxygens (including phenoxy) is 1. The summed E-state index contributed by atoms with van der Waals surface area (Å²) < 4.78 is 20.0. The first kappa shape index (κ1) is 16.3. The van der Waals surface area contributed by atoms with Crippen molar-refractivity contribution in [3.63, 3.8) is 0 Å². The van der Waals surface area contributed by atoms with Crippen molar-refractivity contribution in [1.82, 2.24) is 0 Å². The summed E-state index contributed by atoms with van der Waals surface area (Å²) in [5.74, 6) is -0.00877. The summed E-state index contributed by atoms with van der Waals surface area (Å²) in [6.07, 6.45) is 4.76. The van der Waals surface area contributed by atoms with E-state index in [1.807, 2.05) is 43.3 Å². The minimum Gasteiger partial charge on any atom is -0.486 e. The van der Waals surface area contributed by atoms with Crippen molar-refractivity contribution in [2.45, 2.75) is 20.3 Å². The third kappa shape index (κ3) is 3.33. The van der Waals surface area contributed by atoms with Gasteiger partial charge in [0.1, 0.15) is 6.61 Å². The molecule has 1 nitrogen and oxygen atoms in total. The van der Waals surface area contributed by atoms with Crippen molar-refractivity contribution in [1.29, 1.82) is 0 Å². The lowest BCUT2D eigenvalue weighted by molar-refractivity contribution is 0.343. The van der Waals surface area contributed by atoms with Crippen LogP contribution in [-0.2, 0) is 6.42 Å². The van der Waals surface area contributed by atoms with Crippen LogP contribution in [0, 0.1) is 5.82 Å². The van der Waals surface area contributed by atoms with E-state index in [0.29, 0.717) is 17.7 Å². The van der Waals surface area contributed by atoms with Crippen LogP contribution >= 0.6 is 0 Å². The van der Waals surface area contributed by atoms with Gasteiger partial charge in [0.2, 0.25) is 0 Å². The number of benzene rings is 3. The van der Waals surface area contributed by atoms with Gasteiger partial charge in [-0.3, -0.25) is 0 Å². The summed E-state index contributed by atoms with van der Waals surface area (Å²) in [6.45, 7) is 4.43. The first-order chi connectivity index (χ1) is 11.7. The smallest absolute Gasteiger partial charge is 0.172 e. The Morgan fingerprint density at radius 1 is 0.958 bits per heavy atom. The van der Waals surface area contributed by atoms with Gasteiger partial charge < -0.3 is 4.74 Å². The fourth-order valence-corrected chi connectivity index (χ4v) is 2.73. The zero-order valence-corrected chi connectivity index (χ0v) is 14.1. The van der Waals surface area contributed by atoms with Crippen LogP contribution < -0.4 is 4.74 Å². The van der Waals surface area contributed by atoms with Crippen LogP contribution in [-0.4, -0.2) is 6.61 Å². The maximum absolute atomic E-state index is 14.6. The number of allylic oxidation sites excluding steroid dienone is 1. The van der Waals surface area contributed by atoms with E-state index in [1.54, 1.807) is 6.07 Å². The Labute approximate surface area is 142 Å². The molecule has 0 unspecified atom stereocenters. The molecular formula is C22H21FO. The highest BCUT2D eigenvalue weighted by molar-refractivity contribution is 5.89. The van der Waals surface area contributed by atoms with Crippen LogP contribution in [0.5, 0.6) is 5.75 Å². The molecule has 0 saturated carbocycles. The zero-order chi connectivity index (χ0) is 16.9. The number of halogens is 1. The molecule has 0 N–H and O–H groups in total. The SMILES string of the molecule is CC=CCOc1ccc2cc(-c3ccc(CC)cc3)ccc2c1F. The first-order valence-corrected chi connectivity index (χ1v) is 8.28. The Kier molecular flexibility index (Phi) is 4.95. The van der Waals surface area contributed by atoms with E-state index in [9.17, 15) is 4.39 Å². The van der Waals surface area contributed by atoms with Gasteiger partial charge in [0.25, 0.3) is 0 Å². The zero-order valence-electron chi connectivity index (χ0n) is 14.1. The highest BCUT2D eigenvalue weighted by Crippen LogP contribution is 2.30. The maximum Gasteiger partial charge on any atom is 0.172 e. The van der Waals surface area contributed by atoms with E-state index < -0.39 is 0 Å². The van der Waals surface area contributed by atoms with Crippen LogP contribution in [0.15, 0.2) is 66.7 Å². The van der Waals surface area contributed by atoms with Gasteiger partial charge in [0, 0.05) is 5.39 Å². The van der Waals surface area contributed by atoms with E-state index in [2.05, 4.69) is 31.2 Å². The van der Waals surface area contributed by atoms with Gasteiger partial charge in [-0.1, -0.05) is 61.5 Å². The monoisotopic (exact) mass is 320 g/mol. The molecule has 0 amide bonds. The summed E-state index contributed by atoms with van der Waals surface area (Å²) in [4.78, 5) is 0. The molecular weight excluding hydrogens is 299 g/mol. The second kappa shape index (κ2) is 7.31. The van der Waals surface area contributed by atoms with E-state index in [1.165, 1.54) is 5.56 Å². The van der Waals surface area contributed by atoms with Crippen molar-refractivity contribution >= 4 is 10.8 Å². The summed E-state index contributed by atoms with van der Waals surface area (Å²) >= 11 is 0. The highest BCUT2D eigenvalue weighted by atomic mass is 19.1. The largest absolute Gasteiger partial charge is 0.486 e. The number of aryl methyl sites for hydroxylation is 1. The molecule has 0 spiro atoms. The van der Waals surface area contributed by atoms with E-state index in [-0.39, 0.29) is 5.82 Å². The number of hydrogen-bond donors (Lipinski definition) is 0. The Bertz CT molecular complexity index is 863. The average molecular weight is 320 g/mol. The summed E-state index contributed by atoms with van der Waals surface area (Å²) in [7, 11) is 0. The number of rotatable bonds is 5. The molecule has 0 heterocycles. The number of hydrogen-bond acceptors (Lipinski definition) is 1. The first-order valence-electron chi connectivity index (χ1n) is 8.28. The topological polar surface area (TPSA) is 9.23 Å². The Balaban J connectivity index is 1.95. The molecule has 0 saturated heterocycles. The molecule has 3 rings (SSSR count). The van der Waals surface area contributed by atoms with Gasteiger partial charge >= 0.3 is 0 Å². The summed E-state index contributed by atoms with van der Waals surface area (Å²) in [6, 6.07) is 17.9. The van der Waals surface area contributed by atoms with Crippen LogP contribution in [0.2, 0.25) is 0 Å². The van der Waals surface area contributed by atoms with Gasteiger partial charge in [-0.15, -0.1) is 0 Å². The van der Waals surface area contributed by atoms with Crippen molar-refractivity contribution in [3.05, 3.63) is 78.1 Å². The van der Waals surface area contributed by atoms with Gasteiger partial charge in [0.15, 0.2) is 11.6 Å². The molecule has 0 aromatic heterocycles. The molecule has 122 valence electrons. The lowest BCUT2D eigenvalue weighted by atomic mass is 9.99. The quantitative estimate of drug-likeness (QED) is 0.511. The normalized spacial score (nSPS) is 11.3. The molecule has 0 fully saturated rings. The van der Waals surface area contributed by atoms with E-state index in [0.717, 1.165) is 22.9 Å². The Hall–Kier alpha value is -2.61. The van der Waals surface area contributed by atoms with Gasteiger partial charge in [-0.2, -0.15) is 0 Å². The standard InChI is InChI=1S/C22H21FO/c1-3-5-14-24-21-13-11-19-15-18(10-12-20(19)22(21)23)17-8-6-16(4-2)7-9-17/h3,5-13,15H,4,14H2,1-2H3. The second-order valence-corrected chi connectivity index (χ2v) is 5.74. The molecule has 0 aliphatic carbocycles. The van der Waals surface area contributed by atoms with Gasteiger partial charge in [-0.25, -0.2) is 4.39 Å². The van der Waals surface area contributed by atoms with E-state index in [4.69, 9.17) is 4.74 Å². The lowest BCUT2D eigenvalue weighted by Crippen LogP contribution is -1.96. The van der Waals surface area contributed by atoms with Crippen molar-refractivity contribution in [2.24, 2.45) is 0 Å². The molecule has 0 bridgehead atoms. The van der Waals surface area contributed by atoms with E-state index >= 15 is 0 Å². The van der Waals surface area contributed by atoms with Crippen LogP contribution in [0.1, 0.15) is 19.4 Å². The molecule has 24 heavy (non-hydrogen) atoms. The van der Waals surface area contributed by atoms with Crippen LogP contribution in [0.4, 0.5) is 4.39 Å². The third-order valence-corrected chi connectivity index (χ3v) is 4.18. The van der Waals surface area contributed by atoms with Crippen LogP contribution in [0.3, 0.4) is 0 Å². The fourth-order valence-electron chi connectivity index (χ4n) is 2.73. The summed E-state index contributed by atoms with van der Waals surface area (Å²) in [5, 5.41) is 1.46. The Morgan fingerprint density at radius 3 is 2.42 bits per heavy atom. The summed E-state index contributed by atoms with van der Waals surface area (Å²) in [5.41, 5.74) is 3.54.